The molecule has 0 aliphatic carbocycles. The maximum atomic E-state index is 8.75. The first-order valence-electron chi connectivity index (χ1n) is 3.43. The van der Waals surface area contributed by atoms with Gasteiger partial charge in [0.2, 0.25) is 0 Å². The van der Waals surface area contributed by atoms with Crippen LogP contribution in [0.25, 0.3) is 0 Å². The van der Waals surface area contributed by atoms with Crippen LogP contribution in [0, 0.1) is 5.92 Å². The molecule has 0 bridgehead atoms. The van der Waals surface area contributed by atoms with Crippen LogP contribution in [0.15, 0.2) is 0 Å². The van der Waals surface area contributed by atoms with Crippen molar-refractivity contribution in [2.75, 3.05) is 19.7 Å². The third-order valence-corrected chi connectivity index (χ3v) is 2.42. The van der Waals surface area contributed by atoms with Gasteiger partial charge in [0.25, 0.3) is 0 Å². The van der Waals surface area contributed by atoms with Gasteiger partial charge in [-0.1, -0.05) is 9.39 Å². The normalized spacial score (nSPS) is 24.7. The van der Waals surface area contributed by atoms with Crippen molar-refractivity contribution in [3.8, 4) is 0 Å². The lowest BCUT2D eigenvalue weighted by Crippen LogP contribution is -2.27. The van der Waals surface area contributed by atoms with Crippen LogP contribution in [0.3, 0.4) is 0 Å². The molecule has 1 atom stereocenters. The van der Waals surface area contributed by atoms with E-state index in [1.165, 1.54) is 0 Å². The molecule has 1 aliphatic rings. The van der Waals surface area contributed by atoms with Crippen LogP contribution >= 0.6 is 9.39 Å². The van der Waals surface area contributed by atoms with E-state index in [4.69, 9.17) is 5.11 Å². The molecule has 0 radical (unpaired) electrons. The summed E-state index contributed by atoms with van der Waals surface area (Å²) in [5.74, 6) is 0.571. The van der Waals surface area contributed by atoms with Gasteiger partial charge in [-0.2, -0.15) is 0 Å². The summed E-state index contributed by atoms with van der Waals surface area (Å²) in [6, 6.07) is 0. The van der Waals surface area contributed by atoms with Crippen molar-refractivity contribution in [1.29, 1.82) is 0 Å². The highest BCUT2D eigenvalue weighted by Gasteiger charge is 2.14. The predicted octanol–water partition coefficient (Wildman–Crippen LogP) is 0.481. The van der Waals surface area contributed by atoms with Crippen LogP contribution in [0.4, 0.5) is 0 Å². The summed E-state index contributed by atoms with van der Waals surface area (Å²) in [6.07, 6.45) is 2.31. The third kappa shape index (κ3) is 2.21. The lowest BCUT2D eigenvalue weighted by Gasteiger charge is -2.26. The Morgan fingerprint density at radius 3 is 2.44 bits per heavy atom. The fourth-order valence-corrected chi connectivity index (χ4v) is 1.43. The van der Waals surface area contributed by atoms with Gasteiger partial charge in [-0.25, -0.2) is 0 Å². The third-order valence-electron chi connectivity index (χ3n) is 1.91. The summed E-state index contributed by atoms with van der Waals surface area (Å²) in [5.41, 5.74) is 0. The summed E-state index contributed by atoms with van der Waals surface area (Å²) >= 11 is 0. The molecule has 9 heavy (non-hydrogen) atoms. The number of piperidine rings is 1. The summed E-state index contributed by atoms with van der Waals surface area (Å²) in [4.78, 5) is 0. The number of hydrogen-bond donors (Lipinski definition) is 1. The average Bonchev–Trinajstić information content (AvgIpc) is 1.90. The molecule has 54 valence electrons. The van der Waals surface area contributed by atoms with Crippen molar-refractivity contribution in [1.82, 2.24) is 4.67 Å². The van der Waals surface area contributed by atoms with Gasteiger partial charge in [0, 0.05) is 19.7 Å². The molecular formula is C6H14NOP. The van der Waals surface area contributed by atoms with E-state index in [1.807, 2.05) is 0 Å². The van der Waals surface area contributed by atoms with E-state index in [1.54, 1.807) is 0 Å². The predicted molar refractivity (Wildman–Crippen MR) is 41.1 cm³/mol. The topological polar surface area (TPSA) is 23.5 Å². The Balaban J connectivity index is 2.18. The minimum absolute atomic E-state index is 0.374. The van der Waals surface area contributed by atoms with Crippen molar-refractivity contribution in [3.63, 3.8) is 0 Å². The minimum Gasteiger partial charge on any atom is -0.396 e. The molecule has 0 amide bonds. The Labute approximate surface area is 58.5 Å². The molecule has 1 fully saturated rings. The number of nitrogens with zero attached hydrogens (tertiary/aromatic N) is 1. The van der Waals surface area contributed by atoms with Crippen LogP contribution in [-0.2, 0) is 0 Å². The highest BCUT2D eigenvalue weighted by atomic mass is 31.0. The SMILES string of the molecule is OCC1CCN(P)CC1. The van der Waals surface area contributed by atoms with Gasteiger partial charge < -0.3 is 5.11 Å². The first kappa shape index (κ1) is 7.46. The maximum absolute atomic E-state index is 8.75. The summed E-state index contributed by atoms with van der Waals surface area (Å²) < 4.78 is 2.23. The van der Waals surface area contributed by atoms with Gasteiger partial charge in [-0.15, -0.1) is 0 Å². The largest absolute Gasteiger partial charge is 0.396 e. The zero-order chi connectivity index (χ0) is 6.69. The van der Waals surface area contributed by atoms with Crippen molar-refractivity contribution < 1.29 is 5.11 Å². The van der Waals surface area contributed by atoms with Gasteiger partial charge >= 0.3 is 0 Å². The second-order valence-electron chi connectivity index (χ2n) is 2.66. The standard InChI is InChI=1S/C6H14NOP/c8-5-6-1-3-7(9)4-2-6/h6,8H,1-5,9H2. The Morgan fingerprint density at radius 2 is 2.00 bits per heavy atom. The van der Waals surface area contributed by atoms with Gasteiger partial charge in [-0.05, 0) is 18.8 Å². The second kappa shape index (κ2) is 3.50. The van der Waals surface area contributed by atoms with Crippen LogP contribution in [0.2, 0.25) is 0 Å². The molecule has 1 aliphatic heterocycles. The molecule has 0 aromatic carbocycles. The number of rotatable bonds is 1. The van der Waals surface area contributed by atoms with Gasteiger partial charge in [0.05, 0.1) is 0 Å². The number of aliphatic hydroxyl groups is 1. The van der Waals surface area contributed by atoms with E-state index < -0.39 is 0 Å². The molecule has 1 heterocycles. The van der Waals surface area contributed by atoms with E-state index in [9.17, 15) is 0 Å². The first-order valence-corrected chi connectivity index (χ1v) is 3.95. The van der Waals surface area contributed by atoms with Crippen molar-refractivity contribution >= 4 is 9.39 Å². The zero-order valence-corrected chi connectivity index (χ0v) is 6.74. The number of aliphatic hydroxyl groups excluding tert-OH is 1. The van der Waals surface area contributed by atoms with E-state index >= 15 is 0 Å². The zero-order valence-electron chi connectivity index (χ0n) is 5.58. The Hall–Kier alpha value is 0.350. The lowest BCUT2D eigenvalue weighted by atomic mass is 10.00. The summed E-state index contributed by atoms with van der Waals surface area (Å²) in [5, 5.41) is 8.75. The molecule has 0 aromatic heterocycles. The van der Waals surface area contributed by atoms with Crippen molar-refractivity contribution in [3.05, 3.63) is 0 Å². The summed E-state index contributed by atoms with van der Waals surface area (Å²) in [7, 11) is 2.69. The van der Waals surface area contributed by atoms with Crippen molar-refractivity contribution in [2.45, 2.75) is 12.8 Å². The van der Waals surface area contributed by atoms with E-state index in [2.05, 4.69) is 14.1 Å². The number of hydrogen-bond acceptors (Lipinski definition) is 2. The van der Waals surface area contributed by atoms with E-state index in [-0.39, 0.29) is 0 Å². The smallest absolute Gasteiger partial charge is 0.0460 e. The van der Waals surface area contributed by atoms with Gasteiger partial charge in [0.15, 0.2) is 0 Å². The van der Waals surface area contributed by atoms with Gasteiger partial charge in [0.1, 0.15) is 0 Å². The van der Waals surface area contributed by atoms with E-state index in [0.717, 1.165) is 25.9 Å². The fourth-order valence-electron chi connectivity index (χ4n) is 1.14. The molecule has 0 saturated carbocycles. The van der Waals surface area contributed by atoms with Crippen LogP contribution < -0.4 is 0 Å². The van der Waals surface area contributed by atoms with Crippen LogP contribution in [-0.4, -0.2) is 29.5 Å². The molecule has 1 rings (SSSR count). The van der Waals surface area contributed by atoms with E-state index in [0.29, 0.717) is 12.5 Å². The molecule has 3 heteroatoms. The lowest BCUT2D eigenvalue weighted by molar-refractivity contribution is 0.174. The van der Waals surface area contributed by atoms with Crippen molar-refractivity contribution in [2.24, 2.45) is 5.92 Å². The Morgan fingerprint density at radius 1 is 1.44 bits per heavy atom. The molecular weight excluding hydrogens is 133 g/mol. The molecule has 1 unspecified atom stereocenters. The Kier molecular flexibility index (Phi) is 2.90. The molecule has 0 spiro atoms. The van der Waals surface area contributed by atoms with Crippen LogP contribution in [0.1, 0.15) is 12.8 Å². The minimum atomic E-state index is 0.374. The highest BCUT2D eigenvalue weighted by Crippen LogP contribution is 2.18. The molecule has 1 N–H and O–H groups in total. The van der Waals surface area contributed by atoms with Gasteiger partial charge in [-0.3, -0.25) is 4.67 Å². The van der Waals surface area contributed by atoms with Crippen LogP contribution in [0.5, 0.6) is 0 Å². The fraction of sp³-hybridized carbons (Fsp3) is 1.00. The summed E-state index contributed by atoms with van der Waals surface area (Å²) in [6.45, 7) is 2.62. The second-order valence-corrected chi connectivity index (χ2v) is 3.39. The average molecular weight is 147 g/mol. The first-order chi connectivity index (χ1) is 4.33. The highest BCUT2D eigenvalue weighted by molar-refractivity contribution is 7.13. The molecule has 2 nitrogen and oxygen atoms in total. The monoisotopic (exact) mass is 147 g/mol. The quantitative estimate of drug-likeness (QED) is 0.545. The maximum Gasteiger partial charge on any atom is 0.0460 e. The molecule has 1 saturated heterocycles. The molecule has 0 aromatic rings. The Bertz CT molecular complexity index is 81.1.